The molecule has 5 heteroatoms. The number of likely N-dealkylation sites (tertiary alicyclic amines) is 1. The first-order valence-corrected chi connectivity index (χ1v) is 8.27. The lowest BCUT2D eigenvalue weighted by Gasteiger charge is -2.30. The minimum atomic E-state index is -0.0712. The van der Waals surface area contributed by atoms with Crippen LogP contribution in [0.3, 0.4) is 0 Å². The maximum absolute atomic E-state index is 10.6. The van der Waals surface area contributed by atoms with Gasteiger partial charge in [-0.1, -0.05) is 18.2 Å². The first kappa shape index (κ1) is 15.1. The number of hydrogen-bond acceptors (Lipinski definition) is 5. The van der Waals surface area contributed by atoms with Crippen LogP contribution in [0, 0.1) is 0 Å². The van der Waals surface area contributed by atoms with E-state index in [2.05, 4.69) is 11.0 Å². The van der Waals surface area contributed by atoms with E-state index in [0.29, 0.717) is 11.5 Å². The van der Waals surface area contributed by atoms with Gasteiger partial charge in [-0.25, -0.2) is 0 Å². The summed E-state index contributed by atoms with van der Waals surface area (Å²) in [5.41, 5.74) is 1.88. The average molecular weight is 327 g/mol. The Morgan fingerprint density at radius 1 is 1.04 bits per heavy atom. The number of fused-ring (bicyclic) bond motifs is 1. The molecule has 2 aliphatic rings. The monoisotopic (exact) mass is 327 g/mol. The van der Waals surface area contributed by atoms with Crippen LogP contribution in [0.5, 0.6) is 23.0 Å². The minimum absolute atomic E-state index is 0.0712. The molecule has 5 nitrogen and oxygen atoms in total. The van der Waals surface area contributed by atoms with E-state index in [1.165, 1.54) is 0 Å². The largest absolute Gasteiger partial charge is 0.507 e. The Balaban J connectivity index is 1.84. The van der Waals surface area contributed by atoms with E-state index in [4.69, 9.17) is 14.2 Å². The van der Waals surface area contributed by atoms with E-state index in [9.17, 15) is 5.11 Å². The van der Waals surface area contributed by atoms with Gasteiger partial charge in [0.2, 0.25) is 6.79 Å². The second-order valence-electron chi connectivity index (χ2n) is 6.15. The lowest BCUT2D eigenvalue weighted by atomic mass is 9.95. The lowest BCUT2D eigenvalue weighted by Crippen LogP contribution is -2.27. The third-order valence-corrected chi connectivity index (χ3v) is 4.76. The number of benzene rings is 2. The Hall–Kier alpha value is -2.40. The second-order valence-corrected chi connectivity index (χ2v) is 6.15. The number of aromatic hydroxyl groups is 1. The third kappa shape index (κ3) is 2.55. The zero-order chi connectivity index (χ0) is 16.5. The van der Waals surface area contributed by atoms with Gasteiger partial charge >= 0.3 is 0 Å². The van der Waals surface area contributed by atoms with Crippen molar-refractivity contribution in [2.24, 2.45) is 0 Å². The number of phenolic OH excluding ortho intramolecular Hbond substituents is 1. The van der Waals surface area contributed by atoms with Crippen LogP contribution in [-0.2, 0) is 0 Å². The molecule has 0 saturated carbocycles. The Kier molecular flexibility index (Phi) is 3.94. The molecule has 0 aliphatic carbocycles. The molecule has 2 aromatic rings. The van der Waals surface area contributed by atoms with Gasteiger partial charge < -0.3 is 19.3 Å². The summed E-state index contributed by atoms with van der Waals surface area (Å²) >= 11 is 0. The van der Waals surface area contributed by atoms with E-state index in [1.807, 2.05) is 24.3 Å². The van der Waals surface area contributed by atoms with Crippen LogP contribution in [-0.4, -0.2) is 37.0 Å². The van der Waals surface area contributed by atoms with E-state index in [0.717, 1.165) is 42.8 Å². The Morgan fingerprint density at radius 2 is 1.75 bits per heavy atom. The normalized spacial score (nSPS) is 17.9. The smallest absolute Gasteiger partial charge is 0.231 e. The Bertz CT molecular complexity index is 740. The number of ether oxygens (including phenoxy) is 3. The van der Waals surface area contributed by atoms with E-state index in [-0.39, 0.29) is 18.6 Å². The molecule has 126 valence electrons. The number of para-hydroxylation sites is 1. The van der Waals surface area contributed by atoms with Crippen molar-refractivity contribution in [2.75, 3.05) is 27.0 Å². The number of hydrogen-bond donors (Lipinski definition) is 1. The molecule has 0 aromatic heterocycles. The predicted octanol–water partition coefficient (Wildman–Crippen LogP) is 3.31. The molecule has 1 fully saturated rings. The van der Waals surface area contributed by atoms with Gasteiger partial charge in [-0.3, -0.25) is 4.90 Å². The van der Waals surface area contributed by atoms with Gasteiger partial charge in [-0.2, -0.15) is 0 Å². The molecule has 1 N–H and O–H groups in total. The van der Waals surface area contributed by atoms with Crippen LogP contribution >= 0.6 is 0 Å². The van der Waals surface area contributed by atoms with Crippen molar-refractivity contribution in [1.29, 1.82) is 0 Å². The summed E-state index contributed by atoms with van der Waals surface area (Å²) in [6.07, 6.45) is 2.33. The molecular formula is C19H21NO4. The van der Waals surface area contributed by atoms with Crippen molar-refractivity contribution >= 4 is 0 Å². The van der Waals surface area contributed by atoms with Crippen molar-refractivity contribution in [3.8, 4) is 23.0 Å². The fourth-order valence-electron chi connectivity index (χ4n) is 3.62. The van der Waals surface area contributed by atoms with Gasteiger partial charge in [0.1, 0.15) is 11.5 Å². The predicted molar refractivity (Wildman–Crippen MR) is 89.9 cm³/mol. The zero-order valence-corrected chi connectivity index (χ0v) is 13.7. The quantitative estimate of drug-likeness (QED) is 0.933. The Labute approximate surface area is 141 Å². The van der Waals surface area contributed by atoms with Crippen molar-refractivity contribution in [3.63, 3.8) is 0 Å². The zero-order valence-electron chi connectivity index (χ0n) is 13.7. The van der Waals surface area contributed by atoms with Crippen molar-refractivity contribution < 1.29 is 19.3 Å². The standard InChI is InChI=1S/C19H21NO4/c1-22-16-7-3-2-6-13(16)19(20-8-4-5-9-20)14-10-17-18(11-15(14)21)24-12-23-17/h2-3,6-7,10-11,19,21H,4-5,8-9,12H2,1H3/t19-/m1/s1. The highest BCUT2D eigenvalue weighted by Crippen LogP contribution is 2.45. The van der Waals surface area contributed by atoms with Gasteiger partial charge in [0.15, 0.2) is 11.5 Å². The molecule has 0 radical (unpaired) electrons. The Morgan fingerprint density at radius 3 is 2.50 bits per heavy atom. The maximum atomic E-state index is 10.6. The number of phenols is 1. The fourth-order valence-corrected chi connectivity index (χ4v) is 3.62. The fraction of sp³-hybridized carbons (Fsp3) is 0.368. The summed E-state index contributed by atoms with van der Waals surface area (Å²) in [5, 5.41) is 10.6. The molecule has 2 aliphatic heterocycles. The molecule has 2 heterocycles. The summed E-state index contributed by atoms with van der Waals surface area (Å²) in [6.45, 7) is 2.19. The molecule has 1 saturated heterocycles. The van der Waals surface area contributed by atoms with Gasteiger partial charge in [0, 0.05) is 17.2 Å². The van der Waals surface area contributed by atoms with Gasteiger partial charge in [0.05, 0.1) is 13.2 Å². The maximum Gasteiger partial charge on any atom is 0.231 e. The van der Waals surface area contributed by atoms with E-state index in [1.54, 1.807) is 13.2 Å². The summed E-state index contributed by atoms with van der Waals surface area (Å²) < 4.78 is 16.5. The molecule has 24 heavy (non-hydrogen) atoms. The summed E-state index contributed by atoms with van der Waals surface area (Å²) in [5.74, 6) is 2.33. The second kappa shape index (κ2) is 6.24. The van der Waals surface area contributed by atoms with Crippen LogP contribution in [0.25, 0.3) is 0 Å². The first-order valence-electron chi connectivity index (χ1n) is 8.27. The summed E-state index contributed by atoms with van der Waals surface area (Å²) in [4.78, 5) is 2.38. The topological polar surface area (TPSA) is 51.2 Å². The van der Waals surface area contributed by atoms with Gasteiger partial charge in [-0.05, 0) is 38.1 Å². The number of methoxy groups -OCH3 is 1. The highest BCUT2D eigenvalue weighted by Gasteiger charge is 2.31. The molecule has 1 atom stereocenters. The molecule has 0 spiro atoms. The molecule has 0 bridgehead atoms. The highest BCUT2D eigenvalue weighted by molar-refractivity contribution is 5.55. The SMILES string of the molecule is COc1ccccc1[C@H](c1cc2c(cc1O)OCO2)N1CCCC1. The molecule has 0 unspecified atom stereocenters. The van der Waals surface area contributed by atoms with Crippen LogP contribution in [0.1, 0.15) is 30.0 Å². The average Bonchev–Trinajstić information content (AvgIpc) is 3.27. The van der Waals surface area contributed by atoms with Crippen LogP contribution in [0.15, 0.2) is 36.4 Å². The van der Waals surface area contributed by atoms with E-state index < -0.39 is 0 Å². The summed E-state index contributed by atoms with van der Waals surface area (Å²) in [6, 6.07) is 11.5. The highest BCUT2D eigenvalue weighted by atomic mass is 16.7. The van der Waals surface area contributed by atoms with E-state index >= 15 is 0 Å². The van der Waals surface area contributed by atoms with Crippen LogP contribution < -0.4 is 14.2 Å². The van der Waals surface area contributed by atoms with Crippen molar-refractivity contribution in [3.05, 3.63) is 47.5 Å². The molecule has 0 amide bonds. The molecular weight excluding hydrogens is 306 g/mol. The van der Waals surface area contributed by atoms with Crippen LogP contribution in [0.2, 0.25) is 0 Å². The summed E-state index contributed by atoms with van der Waals surface area (Å²) in [7, 11) is 1.68. The molecule has 4 rings (SSSR count). The lowest BCUT2D eigenvalue weighted by molar-refractivity contribution is 0.173. The first-order chi connectivity index (χ1) is 11.8. The van der Waals surface area contributed by atoms with Crippen molar-refractivity contribution in [2.45, 2.75) is 18.9 Å². The van der Waals surface area contributed by atoms with Gasteiger partial charge in [-0.15, -0.1) is 0 Å². The number of nitrogens with zero attached hydrogens (tertiary/aromatic N) is 1. The third-order valence-electron chi connectivity index (χ3n) is 4.76. The van der Waals surface area contributed by atoms with Crippen molar-refractivity contribution in [1.82, 2.24) is 4.90 Å². The molecule has 2 aromatic carbocycles. The van der Waals surface area contributed by atoms with Gasteiger partial charge in [0.25, 0.3) is 0 Å². The van der Waals surface area contributed by atoms with Crippen LogP contribution in [0.4, 0.5) is 0 Å². The minimum Gasteiger partial charge on any atom is -0.507 e. The number of rotatable bonds is 4.